The van der Waals surface area contributed by atoms with Gasteiger partial charge in [0, 0.05) is 34.3 Å². The fourth-order valence-corrected chi connectivity index (χ4v) is 4.71. The number of ether oxygens (including phenoxy) is 2. The van der Waals surface area contributed by atoms with Gasteiger partial charge in [-0.1, -0.05) is 37.6 Å². The Balaban J connectivity index is 1.77. The molecule has 0 spiro atoms. The third-order valence-corrected chi connectivity index (χ3v) is 6.59. The van der Waals surface area contributed by atoms with E-state index in [0.29, 0.717) is 50.5 Å². The molecule has 0 fully saturated rings. The van der Waals surface area contributed by atoms with Crippen molar-refractivity contribution in [2.45, 2.75) is 46.2 Å². The molecule has 1 N–H and O–H groups in total. The first-order valence-electron chi connectivity index (χ1n) is 12.5. The van der Waals surface area contributed by atoms with Crippen LogP contribution in [0.25, 0.3) is 10.9 Å². The van der Waals surface area contributed by atoms with E-state index in [2.05, 4.69) is 4.74 Å². The Kier molecular flexibility index (Phi) is 8.44. The number of nitrogens with zero attached hydrogens (tertiary/aromatic N) is 1. The van der Waals surface area contributed by atoms with E-state index >= 15 is 0 Å². The summed E-state index contributed by atoms with van der Waals surface area (Å²) in [7, 11) is 0. The van der Waals surface area contributed by atoms with Crippen LogP contribution in [-0.2, 0) is 11.3 Å². The van der Waals surface area contributed by atoms with Crippen molar-refractivity contribution < 1.29 is 37.3 Å². The van der Waals surface area contributed by atoms with Gasteiger partial charge in [0.05, 0.1) is 11.1 Å². The second kappa shape index (κ2) is 11.6. The molecule has 1 aromatic heterocycles. The molecule has 1 heterocycles. The molecule has 1 unspecified atom stereocenters. The number of fused-ring (bicyclic) bond motifs is 1. The molecule has 0 aliphatic heterocycles. The largest absolute Gasteiger partial charge is 0.573 e. The van der Waals surface area contributed by atoms with E-state index in [4.69, 9.17) is 16.3 Å². The highest BCUT2D eigenvalue weighted by Gasteiger charge is 2.32. The molecule has 6 nitrogen and oxygen atoms in total. The first kappa shape index (κ1) is 29.0. The lowest BCUT2D eigenvalue weighted by Crippen LogP contribution is -2.28. The Hall–Kier alpha value is -3.98. The summed E-state index contributed by atoms with van der Waals surface area (Å²) in [5.74, 6) is -1.35. The van der Waals surface area contributed by atoms with Gasteiger partial charge in [0.1, 0.15) is 11.5 Å². The molecule has 4 rings (SSSR count). The van der Waals surface area contributed by atoms with E-state index in [1.54, 1.807) is 60.0 Å². The highest BCUT2D eigenvalue weighted by molar-refractivity contribution is 6.30. The molecule has 0 radical (unpaired) electrons. The lowest BCUT2D eigenvalue weighted by molar-refractivity contribution is -0.274. The van der Waals surface area contributed by atoms with Crippen molar-refractivity contribution in [3.8, 4) is 11.5 Å². The highest BCUT2D eigenvalue weighted by Crippen LogP contribution is 2.34. The Morgan fingerprint density at radius 1 is 1.00 bits per heavy atom. The average Bonchev–Trinajstić information content (AvgIpc) is 3.13. The molecule has 210 valence electrons. The number of hydrogen-bond acceptors (Lipinski definition) is 4. The number of halogens is 4. The zero-order valence-electron chi connectivity index (χ0n) is 22.0. The number of ketones is 1. The van der Waals surface area contributed by atoms with Gasteiger partial charge in [-0.15, -0.1) is 13.2 Å². The Morgan fingerprint density at radius 2 is 1.70 bits per heavy atom. The van der Waals surface area contributed by atoms with Crippen LogP contribution in [0.15, 0.2) is 66.7 Å². The third kappa shape index (κ3) is 6.77. The summed E-state index contributed by atoms with van der Waals surface area (Å²) in [6.45, 7) is 5.69. The van der Waals surface area contributed by atoms with Crippen molar-refractivity contribution >= 4 is 34.3 Å². The van der Waals surface area contributed by atoms with Gasteiger partial charge in [-0.05, 0) is 73.4 Å². The van der Waals surface area contributed by atoms with Crippen molar-refractivity contribution in [1.82, 2.24) is 4.57 Å². The number of carboxylic acid groups (broad SMARTS) is 1. The normalized spacial score (nSPS) is 12.5. The van der Waals surface area contributed by atoms with E-state index < -0.39 is 24.2 Å². The fraction of sp³-hybridized carbons (Fsp3) is 0.267. The van der Waals surface area contributed by atoms with E-state index in [1.165, 1.54) is 18.2 Å². The number of alkyl halides is 3. The van der Waals surface area contributed by atoms with Crippen molar-refractivity contribution in [2.75, 3.05) is 0 Å². The van der Waals surface area contributed by atoms with Gasteiger partial charge in [-0.3, -0.25) is 4.79 Å². The summed E-state index contributed by atoms with van der Waals surface area (Å²) in [5.41, 5.74) is 2.31. The van der Waals surface area contributed by atoms with Crippen LogP contribution in [0.5, 0.6) is 11.5 Å². The van der Waals surface area contributed by atoms with Crippen LogP contribution in [0.4, 0.5) is 13.2 Å². The Bertz CT molecular complexity index is 1540. The minimum absolute atomic E-state index is 0.0999. The summed E-state index contributed by atoms with van der Waals surface area (Å²) in [4.78, 5) is 25.2. The Labute approximate surface area is 233 Å². The number of aliphatic carboxylic acids is 1. The van der Waals surface area contributed by atoms with Crippen LogP contribution in [-0.4, -0.2) is 33.9 Å². The zero-order chi connectivity index (χ0) is 29.2. The molecule has 10 heteroatoms. The maximum atomic E-state index is 13.6. The maximum Gasteiger partial charge on any atom is 0.573 e. The topological polar surface area (TPSA) is 77.8 Å². The number of carbonyl (C=O) groups excluding carboxylic acids is 1. The molecule has 1 atom stereocenters. The van der Waals surface area contributed by atoms with Gasteiger partial charge in [0.15, 0.2) is 11.9 Å². The molecule has 0 saturated heterocycles. The zero-order valence-corrected chi connectivity index (χ0v) is 22.7. The summed E-state index contributed by atoms with van der Waals surface area (Å²) >= 11 is 5.98. The van der Waals surface area contributed by atoms with E-state index in [1.807, 2.05) is 13.8 Å². The molecule has 40 heavy (non-hydrogen) atoms. The lowest BCUT2D eigenvalue weighted by atomic mass is 10.0. The summed E-state index contributed by atoms with van der Waals surface area (Å²) < 4.78 is 50.6. The van der Waals surface area contributed by atoms with E-state index in [9.17, 15) is 27.9 Å². The van der Waals surface area contributed by atoms with Crippen molar-refractivity contribution in [2.24, 2.45) is 5.92 Å². The van der Waals surface area contributed by atoms with Crippen LogP contribution in [0.3, 0.4) is 0 Å². The van der Waals surface area contributed by atoms with Gasteiger partial charge in [-0.2, -0.15) is 0 Å². The number of rotatable bonds is 10. The first-order valence-corrected chi connectivity index (χ1v) is 12.9. The maximum absolute atomic E-state index is 13.6. The minimum Gasteiger partial charge on any atom is -0.479 e. The third-order valence-electron chi connectivity index (χ3n) is 6.34. The molecule has 0 bridgehead atoms. The van der Waals surface area contributed by atoms with Gasteiger partial charge in [0.2, 0.25) is 0 Å². The SMILES string of the molecule is Cc1c(C(=O)c2ccc(Cl)cc2)c2ccc(OC(F)(F)F)cc2n1Cc1cccc(OC(CC(C)C)C(=O)O)c1. The van der Waals surface area contributed by atoms with Crippen LogP contribution in [0.2, 0.25) is 5.02 Å². The monoisotopic (exact) mass is 573 g/mol. The molecule has 4 aromatic rings. The van der Waals surface area contributed by atoms with Gasteiger partial charge in [0.25, 0.3) is 0 Å². The second-order valence-corrected chi connectivity index (χ2v) is 10.3. The number of carbonyl (C=O) groups is 2. The Morgan fingerprint density at radius 3 is 2.33 bits per heavy atom. The van der Waals surface area contributed by atoms with E-state index in [0.717, 1.165) is 0 Å². The smallest absolute Gasteiger partial charge is 0.479 e. The number of hydrogen-bond donors (Lipinski definition) is 1. The van der Waals surface area contributed by atoms with Gasteiger partial charge in [-0.25, -0.2) is 4.79 Å². The molecule has 3 aromatic carbocycles. The molecule has 0 aliphatic carbocycles. The van der Waals surface area contributed by atoms with Gasteiger partial charge < -0.3 is 19.1 Å². The lowest BCUT2D eigenvalue weighted by Gasteiger charge is -2.18. The molecule has 0 saturated carbocycles. The van der Waals surface area contributed by atoms with Crippen LogP contribution < -0.4 is 9.47 Å². The number of benzene rings is 3. The average molecular weight is 574 g/mol. The number of aromatic nitrogens is 1. The first-order chi connectivity index (χ1) is 18.8. The quantitative estimate of drug-likeness (QED) is 0.197. The summed E-state index contributed by atoms with van der Waals surface area (Å²) in [5, 5.41) is 10.5. The molecular formula is C30H27ClF3NO5. The predicted molar refractivity (Wildman–Crippen MR) is 145 cm³/mol. The standard InChI is InChI=1S/C30H27ClF3NO5/c1-17(2)13-26(29(37)38)39-22-6-4-5-19(14-22)16-35-18(3)27(28(36)20-7-9-21(31)10-8-20)24-12-11-23(15-25(24)35)40-30(32,33)34/h4-12,14-15,17,26H,13,16H2,1-3H3,(H,37,38). The van der Waals surface area contributed by atoms with Crippen LogP contribution in [0, 0.1) is 12.8 Å². The van der Waals surface area contributed by atoms with Crippen LogP contribution in [0.1, 0.15) is 47.4 Å². The van der Waals surface area contributed by atoms with Gasteiger partial charge >= 0.3 is 12.3 Å². The number of carboxylic acids is 1. The molecular weight excluding hydrogens is 547 g/mol. The molecule has 0 aliphatic rings. The highest BCUT2D eigenvalue weighted by atomic mass is 35.5. The minimum atomic E-state index is -4.88. The second-order valence-electron chi connectivity index (χ2n) is 9.83. The molecule has 0 amide bonds. The van der Waals surface area contributed by atoms with Crippen molar-refractivity contribution in [1.29, 1.82) is 0 Å². The summed E-state index contributed by atoms with van der Waals surface area (Å²) in [6.07, 6.45) is -5.60. The predicted octanol–water partition coefficient (Wildman–Crippen LogP) is 7.66. The van der Waals surface area contributed by atoms with E-state index in [-0.39, 0.29) is 18.2 Å². The fourth-order valence-electron chi connectivity index (χ4n) is 4.58. The van der Waals surface area contributed by atoms with Crippen LogP contribution >= 0.6 is 11.6 Å². The van der Waals surface area contributed by atoms with Crippen molar-refractivity contribution in [3.05, 3.63) is 94.1 Å². The summed E-state index contributed by atoms with van der Waals surface area (Å²) in [6, 6.07) is 17.0. The van der Waals surface area contributed by atoms with Crippen molar-refractivity contribution in [3.63, 3.8) is 0 Å².